The number of hydrogen-bond acceptors (Lipinski definition) is 3. The summed E-state index contributed by atoms with van der Waals surface area (Å²) in [6, 6.07) is 7.61. The lowest BCUT2D eigenvalue weighted by molar-refractivity contribution is -0.115. The number of amides is 1. The molecular formula is C14H19BrN2OS. The van der Waals surface area contributed by atoms with Crippen LogP contribution in [-0.2, 0) is 4.79 Å². The van der Waals surface area contributed by atoms with Crippen molar-refractivity contribution in [3.05, 3.63) is 28.7 Å². The van der Waals surface area contributed by atoms with Crippen molar-refractivity contribution in [1.29, 1.82) is 0 Å². The molecule has 1 unspecified atom stereocenters. The first-order valence-corrected chi connectivity index (χ1v) is 8.46. The van der Waals surface area contributed by atoms with Crippen molar-refractivity contribution in [2.75, 3.05) is 24.2 Å². The Bertz CT molecular complexity index is 404. The zero-order valence-electron chi connectivity index (χ0n) is 10.8. The molecule has 0 aliphatic carbocycles. The van der Waals surface area contributed by atoms with Crippen molar-refractivity contribution in [2.24, 2.45) is 0 Å². The summed E-state index contributed by atoms with van der Waals surface area (Å²) in [4.78, 5) is 11.7. The topological polar surface area (TPSA) is 41.1 Å². The minimum Gasteiger partial charge on any atom is -0.325 e. The molecule has 0 aromatic heterocycles. The highest BCUT2D eigenvalue weighted by atomic mass is 79.9. The summed E-state index contributed by atoms with van der Waals surface area (Å²) < 4.78 is 1.01. The minimum atomic E-state index is 0.0168. The van der Waals surface area contributed by atoms with Crippen LogP contribution >= 0.6 is 27.7 Å². The van der Waals surface area contributed by atoms with Gasteiger partial charge < -0.3 is 10.6 Å². The predicted molar refractivity (Wildman–Crippen MR) is 85.7 cm³/mol. The fraction of sp³-hybridized carbons (Fsp3) is 0.500. The third-order valence-electron chi connectivity index (χ3n) is 3.06. The lowest BCUT2D eigenvalue weighted by Crippen LogP contribution is -2.33. The van der Waals surface area contributed by atoms with E-state index in [1.54, 1.807) is 0 Å². The highest BCUT2D eigenvalue weighted by molar-refractivity contribution is 9.10. The van der Waals surface area contributed by atoms with Crippen LogP contribution in [0.2, 0.25) is 0 Å². The van der Waals surface area contributed by atoms with Gasteiger partial charge in [-0.2, -0.15) is 11.8 Å². The first kappa shape index (κ1) is 14.9. The van der Waals surface area contributed by atoms with E-state index in [0.717, 1.165) is 16.7 Å². The quantitative estimate of drug-likeness (QED) is 0.862. The van der Waals surface area contributed by atoms with Crippen molar-refractivity contribution in [3.8, 4) is 0 Å². The Hall–Kier alpha value is -0.520. The molecule has 5 heteroatoms. The van der Waals surface area contributed by atoms with Crippen molar-refractivity contribution < 1.29 is 4.79 Å². The monoisotopic (exact) mass is 342 g/mol. The van der Waals surface area contributed by atoms with Gasteiger partial charge in [-0.1, -0.05) is 22.4 Å². The second-order valence-corrected chi connectivity index (χ2v) is 7.00. The maximum atomic E-state index is 11.7. The van der Waals surface area contributed by atoms with Gasteiger partial charge in [0.1, 0.15) is 0 Å². The summed E-state index contributed by atoms with van der Waals surface area (Å²) >= 11 is 5.39. The zero-order valence-corrected chi connectivity index (χ0v) is 13.2. The Morgan fingerprint density at radius 3 is 2.79 bits per heavy atom. The van der Waals surface area contributed by atoms with Crippen LogP contribution in [0.5, 0.6) is 0 Å². The molecule has 1 saturated heterocycles. The van der Waals surface area contributed by atoms with Gasteiger partial charge >= 0.3 is 0 Å². The van der Waals surface area contributed by atoms with Gasteiger partial charge in [-0.25, -0.2) is 0 Å². The molecule has 1 atom stereocenters. The summed E-state index contributed by atoms with van der Waals surface area (Å²) in [5.41, 5.74) is 0.835. The van der Waals surface area contributed by atoms with E-state index < -0.39 is 0 Å². The summed E-state index contributed by atoms with van der Waals surface area (Å²) in [7, 11) is 0. The molecule has 0 bridgehead atoms. The van der Waals surface area contributed by atoms with Crippen LogP contribution in [0.15, 0.2) is 28.7 Å². The molecule has 1 aliphatic heterocycles. The van der Waals surface area contributed by atoms with E-state index in [2.05, 4.69) is 26.6 Å². The van der Waals surface area contributed by atoms with Gasteiger partial charge in [0, 0.05) is 22.0 Å². The molecule has 1 amide bonds. The molecule has 1 aromatic rings. The van der Waals surface area contributed by atoms with E-state index in [1.807, 2.05) is 36.0 Å². The number of carbonyl (C=O) groups excluding carboxylic acids is 1. The Morgan fingerprint density at radius 1 is 1.32 bits per heavy atom. The molecule has 0 radical (unpaired) electrons. The van der Waals surface area contributed by atoms with Crippen LogP contribution in [0, 0.1) is 0 Å². The number of anilines is 1. The van der Waals surface area contributed by atoms with Crippen LogP contribution in [0.3, 0.4) is 0 Å². The number of benzene rings is 1. The highest BCUT2D eigenvalue weighted by Crippen LogP contribution is 2.24. The van der Waals surface area contributed by atoms with Crippen LogP contribution in [-0.4, -0.2) is 30.0 Å². The Labute approximate surface area is 127 Å². The minimum absolute atomic E-state index is 0.0168. The van der Waals surface area contributed by atoms with Gasteiger partial charge in [0.25, 0.3) is 0 Å². The van der Waals surface area contributed by atoms with Crippen LogP contribution in [0.4, 0.5) is 5.69 Å². The number of hydrogen-bond donors (Lipinski definition) is 2. The lowest BCUT2D eigenvalue weighted by Gasteiger charge is -2.21. The summed E-state index contributed by atoms with van der Waals surface area (Å²) in [5, 5.41) is 6.80. The molecule has 1 heterocycles. The zero-order chi connectivity index (χ0) is 13.5. The van der Waals surface area contributed by atoms with E-state index in [-0.39, 0.29) is 5.91 Å². The third-order valence-corrected chi connectivity index (χ3v) is 4.99. The van der Waals surface area contributed by atoms with E-state index in [9.17, 15) is 4.79 Å². The largest absolute Gasteiger partial charge is 0.325 e. The van der Waals surface area contributed by atoms with Gasteiger partial charge in [0.15, 0.2) is 0 Å². The van der Waals surface area contributed by atoms with Gasteiger partial charge in [-0.15, -0.1) is 0 Å². The maximum absolute atomic E-state index is 11.7. The third kappa shape index (κ3) is 5.55. The first-order valence-electron chi connectivity index (χ1n) is 6.62. The predicted octanol–water partition coefficient (Wildman–Crippen LogP) is 3.26. The Morgan fingerprint density at radius 2 is 2.11 bits per heavy atom. The average molecular weight is 343 g/mol. The van der Waals surface area contributed by atoms with Crippen LogP contribution < -0.4 is 10.6 Å². The molecule has 19 heavy (non-hydrogen) atoms. The molecule has 2 N–H and O–H groups in total. The smallest absolute Gasteiger partial charge is 0.238 e. The Kier molecular flexibility index (Phi) is 6.20. The second kappa shape index (κ2) is 7.92. The summed E-state index contributed by atoms with van der Waals surface area (Å²) in [6.07, 6.45) is 3.93. The molecule has 0 spiro atoms. The molecule has 1 fully saturated rings. The van der Waals surface area contributed by atoms with Gasteiger partial charge in [-0.3, -0.25) is 4.79 Å². The van der Waals surface area contributed by atoms with Gasteiger partial charge in [0.05, 0.1) is 6.54 Å². The van der Waals surface area contributed by atoms with E-state index >= 15 is 0 Å². The lowest BCUT2D eigenvalue weighted by atomic mass is 10.2. The SMILES string of the molecule is O=C(CNCC1CCCCS1)Nc1ccc(Br)cc1. The number of carbonyl (C=O) groups is 1. The van der Waals surface area contributed by atoms with Crippen LogP contribution in [0.1, 0.15) is 19.3 Å². The number of thioether (sulfide) groups is 1. The molecule has 3 nitrogen and oxygen atoms in total. The normalized spacial score (nSPS) is 19.1. The van der Waals surface area contributed by atoms with E-state index in [0.29, 0.717) is 11.8 Å². The molecule has 104 valence electrons. The molecule has 0 saturated carbocycles. The fourth-order valence-corrected chi connectivity index (χ4v) is 3.59. The summed E-state index contributed by atoms with van der Waals surface area (Å²) in [6.45, 7) is 1.31. The number of nitrogens with one attached hydrogen (secondary N) is 2. The second-order valence-electron chi connectivity index (χ2n) is 4.67. The molecule has 1 aliphatic rings. The van der Waals surface area contributed by atoms with E-state index in [4.69, 9.17) is 0 Å². The van der Waals surface area contributed by atoms with Crippen molar-refractivity contribution in [1.82, 2.24) is 5.32 Å². The first-order chi connectivity index (χ1) is 9.24. The highest BCUT2D eigenvalue weighted by Gasteiger charge is 2.13. The molecule has 1 aromatic carbocycles. The molecular weight excluding hydrogens is 324 g/mol. The van der Waals surface area contributed by atoms with Gasteiger partial charge in [0.2, 0.25) is 5.91 Å². The van der Waals surface area contributed by atoms with E-state index in [1.165, 1.54) is 25.0 Å². The summed E-state index contributed by atoms with van der Waals surface area (Å²) in [5.74, 6) is 1.28. The number of halogens is 1. The van der Waals surface area contributed by atoms with Crippen LogP contribution in [0.25, 0.3) is 0 Å². The standard InChI is InChI=1S/C14H19BrN2OS/c15-11-4-6-12(7-5-11)17-14(18)10-16-9-13-3-1-2-8-19-13/h4-7,13,16H,1-3,8-10H2,(H,17,18). The van der Waals surface area contributed by atoms with Crippen molar-refractivity contribution in [3.63, 3.8) is 0 Å². The fourth-order valence-electron chi connectivity index (χ4n) is 2.05. The maximum Gasteiger partial charge on any atom is 0.238 e. The molecule has 2 rings (SSSR count). The number of rotatable bonds is 5. The Balaban J connectivity index is 1.65. The van der Waals surface area contributed by atoms with Crippen molar-refractivity contribution >= 4 is 39.3 Å². The van der Waals surface area contributed by atoms with Crippen molar-refractivity contribution in [2.45, 2.75) is 24.5 Å². The average Bonchev–Trinajstić information content (AvgIpc) is 2.43. The van der Waals surface area contributed by atoms with Gasteiger partial charge in [-0.05, 0) is 42.9 Å².